The number of nitrogens with zero attached hydrogens (tertiary/aromatic N) is 1. The monoisotopic (exact) mass is 213 g/mol. The minimum atomic E-state index is -4.35. The van der Waals surface area contributed by atoms with Crippen molar-refractivity contribution >= 4 is 18.0 Å². The molecule has 0 fully saturated rings. The number of benzene rings is 1. The van der Waals surface area contributed by atoms with E-state index in [1.165, 1.54) is 6.07 Å². The number of rotatable bonds is 2. The van der Waals surface area contributed by atoms with Crippen molar-refractivity contribution in [1.29, 1.82) is 0 Å². The average Bonchev–Trinajstić information content (AvgIpc) is 2.15. The first-order valence-electron chi connectivity index (χ1n) is 4.20. The second kappa shape index (κ2) is 3.88. The van der Waals surface area contributed by atoms with Gasteiger partial charge in [-0.3, -0.25) is 4.99 Å². The molecule has 0 amide bonds. The second-order valence-electron chi connectivity index (χ2n) is 3.17. The van der Waals surface area contributed by atoms with E-state index in [0.29, 0.717) is 11.1 Å². The van der Waals surface area contributed by atoms with Crippen molar-refractivity contribution in [2.75, 3.05) is 0 Å². The van der Waals surface area contributed by atoms with E-state index >= 15 is 0 Å². The summed E-state index contributed by atoms with van der Waals surface area (Å²) in [6.07, 6.45) is -4.35. The first kappa shape index (κ1) is 11.5. The first-order chi connectivity index (χ1) is 6.86. The lowest BCUT2D eigenvalue weighted by Gasteiger charge is -2.10. The molecule has 15 heavy (non-hydrogen) atoms. The van der Waals surface area contributed by atoms with E-state index in [1.54, 1.807) is 6.92 Å². The van der Waals surface area contributed by atoms with Crippen molar-refractivity contribution < 1.29 is 13.2 Å². The molecule has 4 heteroatoms. The minimum Gasteiger partial charge on any atom is -0.264 e. The van der Waals surface area contributed by atoms with E-state index in [-0.39, 0.29) is 5.69 Å². The standard InChI is InChI=1S/C11H10F3N/c1-7(2)9-5-4-8(11(12,13)14)6-10(9)15-3/h4-6H,1,3H2,2H3. The zero-order valence-electron chi connectivity index (χ0n) is 8.23. The highest BCUT2D eigenvalue weighted by Gasteiger charge is 2.30. The molecular formula is C11H10F3N. The molecule has 1 aromatic rings. The van der Waals surface area contributed by atoms with Gasteiger partial charge in [-0.2, -0.15) is 13.2 Å². The molecule has 0 spiro atoms. The summed E-state index contributed by atoms with van der Waals surface area (Å²) in [5.41, 5.74) is 0.719. The number of aliphatic imine (C=N–C) groups is 1. The van der Waals surface area contributed by atoms with Gasteiger partial charge in [-0.1, -0.05) is 12.6 Å². The highest BCUT2D eigenvalue weighted by Crippen LogP contribution is 2.34. The predicted molar refractivity (Wildman–Crippen MR) is 55.4 cm³/mol. The Kier molecular flexibility index (Phi) is 2.98. The Morgan fingerprint density at radius 3 is 2.33 bits per heavy atom. The fourth-order valence-corrected chi connectivity index (χ4v) is 1.20. The molecule has 80 valence electrons. The molecule has 0 aliphatic carbocycles. The number of hydrogen-bond acceptors (Lipinski definition) is 1. The van der Waals surface area contributed by atoms with Crippen LogP contribution < -0.4 is 0 Å². The summed E-state index contributed by atoms with van der Waals surface area (Å²) in [6.45, 7) is 8.60. The van der Waals surface area contributed by atoms with E-state index < -0.39 is 11.7 Å². The van der Waals surface area contributed by atoms with Gasteiger partial charge in [0, 0.05) is 5.56 Å². The zero-order chi connectivity index (χ0) is 11.6. The van der Waals surface area contributed by atoms with Gasteiger partial charge in [0.1, 0.15) is 0 Å². The molecule has 0 N–H and O–H groups in total. The lowest BCUT2D eigenvalue weighted by Crippen LogP contribution is -2.04. The van der Waals surface area contributed by atoms with Crippen LogP contribution in [-0.2, 0) is 6.18 Å². The molecule has 0 saturated heterocycles. The molecule has 1 nitrogen and oxygen atoms in total. The van der Waals surface area contributed by atoms with Crippen LogP contribution in [0.2, 0.25) is 0 Å². The van der Waals surface area contributed by atoms with Crippen LogP contribution in [0.15, 0.2) is 29.8 Å². The quantitative estimate of drug-likeness (QED) is 0.656. The van der Waals surface area contributed by atoms with E-state index in [9.17, 15) is 13.2 Å². The third-order valence-corrected chi connectivity index (χ3v) is 1.96. The van der Waals surface area contributed by atoms with Crippen molar-refractivity contribution in [3.8, 4) is 0 Å². The summed E-state index contributed by atoms with van der Waals surface area (Å²) in [6, 6.07) is 3.34. The lowest BCUT2D eigenvalue weighted by molar-refractivity contribution is -0.137. The normalized spacial score (nSPS) is 11.2. The molecule has 0 aliphatic rings. The van der Waals surface area contributed by atoms with Crippen molar-refractivity contribution in [2.45, 2.75) is 13.1 Å². The molecule has 1 aromatic carbocycles. The van der Waals surface area contributed by atoms with Gasteiger partial charge in [-0.05, 0) is 31.3 Å². The second-order valence-corrected chi connectivity index (χ2v) is 3.17. The molecule has 0 aromatic heterocycles. The Morgan fingerprint density at radius 2 is 1.93 bits per heavy atom. The van der Waals surface area contributed by atoms with Crippen LogP contribution in [0.1, 0.15) is 18.1 Å². The van der Waals surface area contributed by atoms with E-state index in [2.05, 4.69) is 18.3 Å². The number of alkyl halides is 3. The highest BCUT2D eigenvalue weighted by atomic mass is 19.4. The van der Waals surface area contributed by atoms with Crippen molar-refractivity contribution in [2.24, 2.45) is 4.99 Å². The van der Waals surface area contributed by atoms with Gasteiger partial charge in [0.15, 0.2) is 0 Å². The van der Waals surface area contributed by atoms with Crippen LogP contribution in [0.25, 0.3) is 5.57 Å². The van der Waals surface area contributed by atoms with Crippen LogP contribution in [0.5, 0.6) is 0 Å². The first-order valence-corrected chi connectivity index (χ1v) is 4.20. The van der Waals surface area contributed by atoms with Crippen LogP contribution in [0.4, 0.5) is 18.9 Å². The fourth-order valence-electron chi connectivity index (χ4n) is 1.20. The smallest absolute Gasteiger partial charge is 0.264 e. The molecule has 0 unspecified atom stereocenters. The van der Waals surface area contributed by atoms with Crippen LogP contribution in [0.3, 0.4) is 0 Å². The van der Waals surface area contributed by atoms with Gasteiger partial charge in [-0.25, -0.2) is 0 Å². The highest BCUT2D eigenvalue weighted by molar-refractivity contribution is 5.73. The molecule has 0 bridgehead atoms. The maximum Gasteiger partial charge on any atom is 0.416 e. The number of allylic oxidation sites excluding steroid dienone is 1. The molecular weight excluding hydrogens is 203 g/mol. The largest absolute Gasteiger partial charge is 0.416 e. The molecule has 0 saturated carbocycles. The Morgan fingerprint density at radius 1 is 1.33 bits per heavy atom. The molecule has 0 heterocycles. The van der Waals surface area contributed by atoms with Crippen LogP contribution >= 0.6 is 0 Å². The average molecular weight is 213 g/mol. The summed E-state index contributed by atoms with van der Waals surface area (Å²) < 4.78 is 37.1. The van der Waals surface area contributed by atoms with E-state index in [1.807, 2.05) is 0 Å². The molecule has 0 aliphatic heterocycles. The maximum atomic E-state index is 12.4. The topological polar surface area (TPSA) is 12.4 Å². The molecule has 0 atom stereocenters. The molecule has 1 rings (SSSR count). The Hall–Kier alpha value is -1.58. The number of halogens is 3. The summed E-state index contributed by atoms with van der Waals surface area (Å²) >= 11 is 0. The van der Waals surface area contributed by atoms with Crippen LogP contribution in [-0.4, -0.2) is 6.72 Å². The maximum absolute atomic E-state index is 12.4. The van der Waals surface area contributed by atoms with Crippen molar-refractivity contribution in [3.63, 3.8) is 0 Å². The van der Waals surface area contributed by atoms with Gasteiger partial charge in [0.05, 0.1) is 11.3 Å². The SMILES string of the molecule is C=Nc1cc(C(F)(F)F)ccc1C(=C)C. The van der Waals surface area contributed by atoms with Gasteiger partial charge in [-0.15, -0.1) is 0 Å². The van der Waals surface area contributed by atoms with Gasteiger partial charge in [0.2, 0.25) is 0 Å². The zero-order valence-corrected chi connectivity index (χ0v) is 8.23. The number of hydrogen-bond donors (Lipinski definition) is 0. The van der Waals surface area contributed by atoms with Gasteiger partial charge in [0.25, 0.3) is 0 Å². The summed E-state index contributed by atoms with van der Waals surface area (Å²) in [7, 11) is 0. The third kappa shape index (κ3) is 2.46. The predicted octanol–water partition coefficient (Wildman–Crippen LogP) is 4.07. The van der Waals surface area contributed by atoms with E-state index in [4.69, 9.17) is 0 Å². The summed E-state index contributed by atoms with van der Waals surface area (Å²) in [5, 5.41) is 0. The fraction of sp³-hybridized carbons (Fsp3) is 0.182. The van der Waals surface area contributed by atoms with Crippen molar-refractivity contribution in [3.05, 3.63) is 35.9 Å². The Bertz CT molecular complexity index is 405. The van der Waals surface area contributed by atoms with Gasteiger partial charge < -0.3 is 0 Å². The Balaban J connectivity index is 3.31. The summed E-state index contributed by atoms with van der Waals surface area (Å²) in [5.74, 6) is 0. The van der Waals surface area contributed by atoms with Gasteiger partial charge >= 0.3 is 6.18 Å². The molecule has 0 radical (unpaired) electrons. The van der Waals surface area contributed by atoms with Crippen LogP contribution in [0, 0.1) is 0 Å². The lowest BCUT2D eigenvalue weighted by atomic mass is 10.0. The minimum absolute atomic E-state index is 0.206. The summed E-state index contributed by atoms with van der Waals surface area (Å²) in [4.78, 5) is 3.56. The Labute approximate surface area is 86.0 Å². The van der Waals surface area contributed by atoms with Crippen molar-refractivity contribution in [1.82, 2.24) is 0 Å². The van der Waals surface area contributed by atoms with E-state index in [0.717, 1.165) is 12.1 Å². The third-order valence-electron chi connectivity index (χ3n) is 1.96.